The highest BCUT2D eigenvalue weighted by Gasteiger charge is 2.38. The van der Waals surface area contributed by atoms with Gasteiger partial charge >= 0.3 is 0 Å². The molecule has 2 atom stereocenters. The van der Waals surface area contributed by atoms with Crippen LogP contribution in [-0.4, -0.2) is 25.8 Å². The summed E-state index contributed by atoms with van der Waals surface area (Å²) in [6.45, 7) is 7.92. The average molecular weight is 364 g/mol. The first-order chi connectivity index (χ1) is 13.0. The number of anilines is 1. The average Bonchev–Trinajstić information content (AvgIpc) is 2.69. The van der Waals surface area contributed by atoms with E-state index < -0.39 is 11.6 Å². The van der Waals surface area contributed by atoms with Gasteiger partial charge in [0.25, 0.3) is 0 Å². The fraction of sp³-hybridized carbons (Fsp3) is 0.318. The van der Waals surface area contributed by atoms with Crippen molar-refractivity contribution in [3.8, 4) is 0 Å². The molecule has 2 aliphatic heterocycles. The monoisotopic (exact) mass is 364 g/mol. The molecule has 4 nitrogen and oxygen atoms in total. The Balaban J connectivity index is 1.67. The number of hydrogen-bond acceptors (Lipinski definition) is 4. The zero-order valence-corrected chi connectivity index (χ0v) is 15.6. The molecule has 0 aliphatic carbocycles. The number of benzene rings is 2. The largest absolute Gasteiger partial charge is 0.399 e. The van der Waals surface area contributed by atoms with E-state index in [2.05, 4.69) is 18.0 Å². The summed E-state index contributed by atoms with van der Waals surface area (Å²) in [7, 11) is 0. The fourth-order valence-corrected chi connectivity index (χ4v) is 3.91. The highest BCUT2D eigenvalue weighted by Crippen LogP contribution is 2.34. The topological polar surface area (TPSA) is 53.6 Å². The summed E-state index contributed by atoms with van der Waals surface area (Å²) >= 11 is 0. The van der Waals surface area contributed by atoms with E-state index in [1.807, 2.05) is 54.4 Å². The number of piperidine rings is 1. The SMILES string of the molecule is C=C(N)c1cccc2c1=NN(c1ccc(C3(C)CNCCC3F)cc1)CC=2. The number of hydrogen-bond donors (Lipinski definition) is 2. The lowest BCUT2D eigenvalue weighted by Crippen LogP contribution is -2.49. The molecule has 2 aromatic rings. The Bertz CT molecular complexity index is 982. The predicted molar refractivity (Wildman–Crippen MR) is 108 cm³/mol. The molecule has 0 amide bonds. The molecular weight excluding hydrogens is 339 g/mol. The van der Waals surface area contributed by atoms with Crippen LogP contribution in [0.2, 0.25) is 0 Å². The lowest BCUT2D eigenvalue weighted by atomic mass is 9.75. The second kappa shape index (κ2) is 6.82. The van der Waals surface area contributed by atoms with E-state index in [4.69, 9.17) is 10.8 Å². The third-order valence-corrected chi connectivity index (χ3v) is 5.70. The van der Waals surface area contributed by atoms with Crippen LogP contribution < -0.4 is 26.6 Å². The molecule has 2 aromatic carbocycles. The summed E-state index contributed by atoms with van der Waals surface area (Å²) in [4.78, 5) is 0. The first-order valence-corrected chi connectivity index (χ1v) is 9.34. The van der Waals surface area contributed by atoms with E-state index in [0.29, 0.717) is 25.2 Å². The van der Waals surface area contributed by atoms with Crippen LogP contribution in [0.15, 0.2) is 54.1 Å². The van der Waals surface area contributed by atoms with E-state index in [0.717, 1.165) is 33.9 Å². The number of alkyl halides is 1. The van der Waals surface area contributed by atoms with Crippen molar-refractivity contribution in [2.45, 2.75) is 24.9 Å². The van der Waals surface area contributed by atoms with Crippen molar-refractivity contribution in [3.63, 3.8) is 0 Å². The maximum Gasteiger partial charge on any atom is 0.112 e. The quantitative estimate of drug-likeness (QED) is 0.876. The van der Waals surface area contributed by atoms with Gasteiger partial charge in [-0.25, -0.2) is 4.39 Å². The van der Waals surface area contributed by atoms with E-state index in [1.165, 1.54) is 0 Å². The minimum absolute atomic E-state index is 0.487. The van der Waals surface area contributed by atoms with Crippen LogP contribution in [0.1, 0.15) is 24.5 Å². The standard InChI is InChI=1S/C22H25FN4/c1-15(24)19-5-3-4-16-11-13-27(26-21(16)19)18-8-6-17(7-9-18)22(2)14-25-12-10-20(22)23/h3-9,11,20,25H,1,10,12-14,24H2,2H3. The summed E-state index contributed by atoms with van der Waals surface area (Å²) < 4.78 is 14.6. The molecule has 0 aromatic heterocycles. The second-order valence-corrected chi connectivity index (χ2v) is 7.55. The van der Waals surface area contributed by atoms with Crippen molar-refractivity contribution < 1.29 is 4.39 Å². The Morgan fingerprint density at radius 1 is 1.30 bits per heavy atom. The molecular formula is C22H25FN4. The molecule has 0 saturated carbocycles. The number of nitrogens with one attached hydrogen (secondary N) is 1. The van der Waals surface area contributed by atoms with Crippen LogP contribution in [0.5, 0.6) is 0 Å². The third kappa shape index (κ3) is 3.12. The van der Waals surface area contributed by atoms with Gasteiger partial charge in [0.1, 0.15) is 6.17 Å². The van der Waals surface area contributed by atoms with Crippen molar-refractivity contribution in [1.29, 1.82) is 0 Å². The number of halogens is 1. The third-order valence-electron chi connectivity index (χ3n) is 5.70. The summed E-state index contributed by atoms with van der Waals surface area (Å²) in [6, 6.07) is 14.0. The first kappa shape index (κ1) is 17.7. The summed E-state index contributed by atoms with van der Waals surface area (Å²) in [6.07, 6.45) is 1.85. The Hall–Kier alpha value is -2.66. The Morgan fingerprint density at radius 2 is 2.07 bits per heavy atom. The molecule has 4 rings (SSSR count). The number of rotatable bonds is 3. The fourth-order valence-electron chi connectivity index (χ4n) is 3.91. The van der Waals surface area contributed by atoms with Gasteiger partial charge in [-0.3, -0.25) is 5.01 Å². The molecule has 2 heterocycles. The highest BCUT2D eigenvalue weighted by atomic mass is 19.1. The molecule has 5 heteroatoms. The van der Waals surface area contributed by atoms with Crippen LogP contribution in [0.4, 0.5) is 10.1 Å². The number of fused-ring (bicyclic) bond motifs is 1. The van der Waals surface area contributed by atoms with Crippen LogP contribution in [0, 0.1) is 0 Å². The van der Waals surface area contributed by atoms with Gasteiger partial charge in [0.05, 0.1) is 17.6 Å². The predicted octanol–water partition coefficient (Wildman–Crippen LogP) is 2.04. The minimum atomic E-state index is -0.831. The molecule has 1 fully saturated rings. The zero-order valence-electron chi connectivity index (χ0n) is 15.6. The van der Waals surface area contributed by atoms with E-state index in [-0.39, 0.29) is 0 Å². The molecule has 0 bridgehead atoms. The molecule has 0 radical (unpaired) electrons. The lowest BCUT2D eigenvalue weighted by Gasteiger charge is -2.38. The van der Waals surface area contributed by atoms with E-state index >= 15 is 0 Å². The van der Waals surface area contributed by atoms with Crippen molar-refractivity contribution in [3.05, 3.63) is 70.7 Å². The molecule has 2 aliphatic rings. The Morgan fingerprint density at radius 3 is 2.78 bits per heavy atom. The van der Waals surface area contributed by atoms with Gasteiger partial charge < -0.3 is 11.1 Å². The zero-order chi connectivity index (χ0) is 19.0. The molecule has 27 heavy (non-hydrogen) atoms. The first-order valence-electron chi connectivity index (χ1n) is 9.34. The Kier molecular flexibility index (Phi) is 4.48. The van der Waals surface area contributed by atoms with Crippen LogP contribution in [0.25, 0.3) is 11.8 Å². The van der Waals surface area contributed by atoms with Gasteiger partial charge in [0.2, 0.25) is 0 Å². The van der Waals surface area contributed by atoms with Gasteiger partial charge in [-0.1, -0.05) is 49.9 Å². The Labute approximate surface area is 158 Å². The van der Waals surface area contributed by atoms with Crippen molar-refractivity contribution in [2.24, 2.45) is 10.8 Å². The van der Waals surface area contributed by atoms with E-state index in [1.54, 1.807) is 0 Å². The van der Waals surface area contributed by atoms with Crippen molar-refractivity contribution >= 4 is 17.5 Å². The maximum atomic E-state index is 14.6. The molecule has 140 valence electrons. The summed E-state index contributed by atoms with van der Waals surface area (Å²) in [5, 5.41) is 11.9. The minimum Gasteiger partial charge on any atom is -0.399 e. The van der Waals surface area contributed by atoms with Crippen LogP contribution >= 0.6 is 0 Å². The van der Waals surface area contributed by atoms with Gasteiger partial charge in [-0.15, -0.1) is 0 Å². The number of nitrogens with zero attached hydrogens (tertiary/aromatic N) is 2. The molecule has 2 unspecified atom stereocenters. The highest BCUT2D eigenvalue weighted by molar-refractivity contribution is 5.61. The molecule has 3 N–H and O–H groups in total. The summed E-state index contributed by atoms with van der Waals surface area (Å²) in [5.41, 5.74) is 8.79. The smallest absolute Gasteiger partial charge is 0.112 e. The van der Waals surface area contributed by atoms with Gasteiger partial charge in [0.15, 0.2) is 0 Å². The molecule has 1 saturated heterocycles. The van der Waals surface area contributed by atoms with Crippen molar-refractivity contribution in [1.82, 2.24) is 5.32 Å². The van der Waals surface area contributed by atoms with Crippen molar-refractivity contribution in [2.75, 3.05) is 24.6 Å². The van der Waals surface area contributed by atoms with E-state index in [9.17, 15) is 4.39 Å². The maximum absolute atomic E-state index is 14.6. The normalized spacial score (nSPS) is 24.5. The van der Waals surface area contributed by atoms with Gasteiger partial charge in [0, 0.05) is 28.4 Å². The van der Waals surface area contributed by atoms with Gasteiger partial charge in [-0.2, -0.15) is 5.10 Å². The second-order valence-electron chi connectivity index (χ2n) is 7.55. The number of nitrogens with two attached hydrogens (primary N) is 1. The summed E-state index contributed by atoms with van der Waals surface area (Å²) in [5.74, 6) is 0. The van der Waals surface area contributed by atoms with Crippen LogP contribution in [0.3, 0.4) is 0 Å². The van der Waals surface area contributed by atoms with Crippen LogP contribution in [-0.2, 0) is 5.41 Å². The lowest BCUT2D eigenvalue weighted by molar-refractivity contribution is 0.154. The molecule has 0 spiro atoms. The van der Waals surface area contributed by atoms with Gasteiger partial charge in [-0.05, 0) is 30.7 Å².